The number of anilines is 4. The van der Waals surface area contributed by atoms with Crippen LogP contribution in [0.2, 0.25) is 0 Å². The van der Waals surface area contributed by atoms with Crippen molar-refractivity contribution in [2.45, 2.75) is 6.54 Å². The molecule has 0 saturated carbocycles. The van der Waals surface area contributed by atoms with Gasteiger partial charge in [-0.1, -0.05) is 0 Å². The Morgan fingerprint density at radius 2 is 2.03 bits per heavy atom. The number of fused-ring (bicyclic) bond motifs is 3. The molecule has 0 radical (unpaired) electrons. The van der Waals surface area contributed by atoms with Gasteiger partial charge in [-0.15, -0.1) is 10.2 Å². The molecule has 0 fully saturated rings. The largest absolute Gasteiger partial charge is 0.365 e. The van der Waals surface area contributed by atoms with Crippen LogP contribution in [0.5, 0.6) is 0 Å². The van der Waals surface area contributed by atoms with Gasteiger partial charge in [0, 0.05) is 50.1 Å². The van der Waals surface area contributed by atoms with Crippen LogP contribution in [0.4, 0.5) is 27.8 Å². The van der Waals surface area contributed by atoms with Crippen LogP contribution in [0.15, 0.2) is 18.3 Å². The van der Waals surface area contributed by atoms with Gasteiger partial charge in [0.25, 0.3) is 5.91 Å². The molecular formula is C18H21N11O2. The normalized spacial score (nSPS) is 13.8. The second-order valence-corrected chi connectivity index (χ2v) is 6.67. The molecule has 13 nitrogen and oxygen atoms in total. The number of carbonyl (C=O) groups is 2. The zero-order valence-electron chi connectivity index (χ0n) is 19.9. The maximum absolute atomic E-state index is 12.6. The summed E-state index contributed by atoms with van der Waals surface area (Å²) in [5, 5.41) is 26.2. The van der Waals surface area contributed by atoms with E-state index in [1.807, 2.05) is 17.3 Å². The van der Waals surface area contributed by atoms with Gasteiger partial charge in [0.2, 0.25) is 0 Å². The average Bonchev–Trinajstić information content (AvgIpc) is 3.12. The summed E-state index contributed by atoms with van der Waals surface area (Å²) in [6.45, 7) is -2.26. The molecule has 0 aromatic carbocycles. The minimum atomic E-state index is -2.73. The van der Waals surface area contributed by atoms with Crippen LogP contribution in [-0.2, 0) is 13.6 Å². The number of carbonyl (C=O) groups excluding carboxylic acids is 2. The van der Waals surface area contributed by atoms with Gasteiger partial charge in [-0.3, -0.25) is 10.1 Å². The molecule has 3 aromatic heterocycles. The molecule has 0 spiro atoms. The summed E-state index contributed by atoms with van der Waals surface area (Å²) in [5.41, 5.74) is 2.76. The Hall–Kier alpha value is -4.29. The Balaban J connectivity index is 1.78. The third-order valence-corrected chi connectivity index (χ3v) is 4.58. The number of pyridine rings is 1. The number of rotatable bonds is 4. The van der Waals surface area contributed by atoms with Crippen molar-refractivity contribution >= 4 is 34.9 Å². The van der Waals surface area contributed by atoms with Crippen molar-refractivity contribution in [2.75, 3.05) is 36.6 Å². The number of nitrogens with zero attached hydrogens (tertiary/aromatic N) is 7. The first-order valence-corrected chi connectivity index (χ1v) is 9.12. The van der Waals surface area contributed by atoms with Crippen LogP contribution < -0.4 is 26.2 Å². The van der Waals surface area contributed by atoms with E-state index in [1.54, 1.807) is 19.3 Å². The predicted molar refractivity (Wildman–Crippen MR) is 113 cm³/mol. The van der Waals surface area contributed by atoms with Crippen LogP contribution in [-0.4, -0.2) is 63.2 Å². The minimum Gasteiger partial charge on any atom is -0.365 e. The summed E-state index contributed by atoms with van der Waals surface area (Å²) in [7, 11) is 5.02. The topological polar surface area (TPSA) is 155 Å². The Labute approximate surface area is 181 Å². The van der Waals surface area contributed by atoms with Crippen LogP contribution >= 0.6 is 0 Å². The molecule has 0 unspecified atom stereocenters. The quantitative estimate of drug-likeness (QED) is 0.466. The van der Waals surface area contributed by atoms with E-state index in [2.05, 4.69) is 41.3 Å². The highest BCUT2D eigenvalue weighted by atomic mass is 16.2. The molecule has 1 aliphatic rings. The number of aryl methyl sites for hydroxylation is 1. The van der Waals surface area contributed by atoms with Crippen LogP contribution in [0.3, 0.4) is 0 Å². The molecule has 31 heavy (non-hydrogen) atoms. The highest BCUT2D eigenvalue weighted by molar-refractivity contribution is 6.00. The fraction of sp³-hybridized carbons (Fsp3) is 0.278. The summed E-state index contributed by atoms with van der Waals surface area (Å²) < 4.78 is 22.0. The minimum absolute atomic E-state index is 0.0293. The average molecular weight is 426 g/mol. The van der Waals surface area contributed by atoms with Crippen molar-refractivity contribution < 1.29 is 13.7 Å². The summed E-state index contributed by atoms with van der Waals surface area (Å²) in [6.07, 6.45) is 1.57. The molecule has 1 aliphatic heterocycles. The Bertz CT molecular complexity index is 1270. The lowest BCUT2D eigenvalue weighted by atomic mass is 10.0. The number of aromatic nitrogens is 6. The van der Waals surface area contributed by atoms with E-state index in [0.29, 0.717) is 23.7 Å². The van der Waals surface area contributed by atoms with Crippen molar-refractivity contribution in [1.82, 2.24) is 40.8 Å². The molecular weight excluding hydrogens is 402 g/mol. The molecule has 0 saturated heterocycles. The highest BCUT2D eigenvalue weighted by Gasteiger charge is 2.28. The van der Waals surface area contributed by atoms with Crippen molar-refractivity contribution in [3.63, 3.8) is 0 Å². The summed E-state index contributed by atoms with van der Waals surface area (Å²) in [5.74, 6) is -0.587. The third-order valence-electron chi connectivity index (χ3n) is 4.58. The van der Waals surface area contributed by atoms with Gasteiger partial charge in [0.15, 0.2) is 17.3 Å². The maximum atomic E-state index is 12.6. The van der Waals surface area contributed by atoms with Gasteiger partial charge in [-0.25, -0.2) is 9.78 Å². The van der Waals surface area contributed by atoms with Gasteiger partial charge >= 0.3 is 6.03 Å². The summed E-state index contributed by atoms with van der Waals surface area (Å²) >= 11 is 0. The van der Waals surface area contributed by atoms with E-state index in [0.717, 1.165) is 11.3 Å². The van der Waals surface area contributed by atoms with Gasteiger partial charge < -0.3 is 20.9 Å². The molecule has 0 aliphatic carbocycles. The fourth-order valence-electron chi connectivity index (χ4n) is 3.27. The second-order valence-electron chi connectivity index (χ2n) is 6.67. The number of hydrogen-bond donors (Lipinski definition) is 4. The van der Waals surface area contributed by atoms with Gasteiger partial charge in [0.1, 0.15) is 11.4 Å². The molecule has 160 valence electrons. The first kappa shape index (κ1) is 16.5. The predicted octanol–water partition coefficient (Wildman–Crippen LogP) is 0.471. The van der Waals surface area contributed by atoms with Crippen LogP contribution in [0.25, 0.3) is 11.3 Å². The van der Waals surface area contributed by atoms with Gasteiger partial charge in [-0.05, 0) is 6.07 Å². The lowest BCUT2D eigenvalue weighted by Gasteiger charge is -2.28. The zero-order valence-corrected chi connectivity index (χ0v) is 16.9. The maximum Gasteiger partial charge on any atom is 0.320 e. The zero-order chi connectivity index (χ0) is 24.6. The van der Waals surface area contributed by atoms with E-state index >= 15 is 0 Å². The van der Waals surface area contributed by atoms with Crippen LogP contribution in [0.1, 0.15) is 20.3 Å². The van der Waals surface area contributed by atoms with Crippen molar-refractivity contribution in [3.05, 3.63) is 29.7 Å². The van der Waals surface area contributed by atoms with Crippen molar-refractivity contribution in [3.8, 4) is 11.3 Å². The number of amides is 3. The second kappa shape index (κ2) is 7.85. The molecule has 4 heterocycles. The molecule has 3 aromatic rings. The Morgan fingerprint density at radius 1 is 1.19 bits per heavy atom. The number of hydrogen-bond acceptors (Lipinski definition) is 9. The lowest BCUT2D eigenvalue weighted by Crippen LogP contribution is -2.26. The molecule has 0 atom stereocenters. The SMILES string of the molecule is [2H]C([2H])([2H])NC(=O)c1nnc(NC(=O)NC)cc1Nc1nccc2c1N(C)Cc1nn(C)nc1-2. The van der Waals surface area contributed by atoms with E-state index in [9.17, 15) is 9.59 Å². The Kier molecular flexibility index (Phi) is 4.18. The lowest BCUT2D eigenvalue weighted by molar-refractivity contribution is 0.0958. The first-order chi connectivity index (χ1) is 16.1. The summed E-state index contributed by atoms with van der Waals surface area (Å²) in [4.78, 5) is 32.1. The smallest absolute Gasteiger partial charge is 0.320 e. The summed E-state index contributed by atoms with van der Waals surface area (Å²) in [6, 6.07) is 2.61. The monoisotopic (exact) mass is 426 g/mol. The van der Waals surface area contributed by atoms with Gasteiger partial charge in [0.05, 0.1) is 17.9 Å². The van der Waals surface area contributed by atoms with E-state index in [-0.39, 0.29) is 17.2 Å². The van der Waals surface area contributed by atoms with Crippen molar-refractivity contribution in [1.29, 1.82) is 0 Å². The molecule has 3 amide bonds. The fourth-order valence-corrected chi connectivity index (χ4v) is 3.27. The molecule has 0 bridgehead atoms. The van der Waals surface area contributed by atoms with Crippen LogP contribution in [0, 0.1) is 0 Å². The molecule has 13 heteroatoms. The molecule has 4 N–H and O–H groups in total. The third kappa shape index (κ3) is 3.68. The first-order valence-electron chi connectivity index (χ1n) is 10.6. The van der Waals surface area contributed by atoms with Gasteiger partial charge in [-0.2, -0.15) is 15.0 Å². The molecule has 4 rings (SSSR count). The highest BCUT2D eigenvalue weighted by Crippen LogP contribution is 2.41. The Morgan fingerprint density at radius 3 is 2.81 bits per heavy atom. The number of urea groups is 1. The van der Waals surface area contributed by atoms with E-state index in [4.69, 9.17) is 4.11 Å². The van der Waals surface area contributed by atoms with E-state index < -0.39 is 18.9 Å². The standard InChI is InChI=1S/C18H21N11O2/c1-19-17(30)14-10(7-12(24-25-14)23-18(31)20-2)22-16-15-9(5-6-21-16)13-11(8-28(15)3)26-29(4)27-13/h5-7H,8H2,1-4H3,(H,19,30)(H3,20,21,22,23,24,31)/i1D3. The van der Waals surface area contributed by atoms with E-state index in [1.165, 1.54) is 17.9 Å². The number of nitrogens with one attached hydrogen (secondary N) is 4. The van der Waals surface area contributed by atoms with Crippen molar-refractivity contribution in [2.24, 2.45) is 7.05 Å².